The highest BCUT2D eigenvalue weighted by atomic mass is 19.1. The first-order valence-corrected chi connectivity index (χ1v) is 6.41. The van der Waals surface area contributed by atoms with Gasteiger partial charge < -0.3 is 14.8 Å². The summed E-state index contributed by atoms with van der Waals surface area (Å²) in [5.74, 6) is 0.350. The molecule has 0 aliphatic heterocycles. The van der Waals surface area contributed by atoms with E-state index in [0.717, 1.165) is 11.3 Å². The number of aryl methyl sites for hydroxylation is 1. The Labute approximate surface area is 122 Å². The molecule has 21 heavy (non-hydrogen) atoms. The third-order valence-electron chi connectivity index (χ3n) is 2.84. The first-order chi connectivity index (χ1) is 10.1. The summed E-state index contributed by atoms with van der Waals surface area (Å²) in [5, 5.41) is 2.71. The maximum Gasteiger partial charge on any atom is 0.262 e. The number of carbonyl (C=O) groups excluding carboxylic acids is 1. The largest absolute Gasteiger partial charge is 0.496 e. The number of nitrogens with one attached hydrogen (secondary N) is 1. The lowest BCUT2D eigenvalue weighted by atomic mass is 10.2. The Kier molecular flexibility index (Phi) is 4.77. The molecule has 0 atom stereocenters. The monoisotopic (exact) mass is 289 g/mol. The van der Waals surface area contributed by atoms with Crippen molar-refractivity contribution in [2.75, 3.05) is 19.0 Å². The lowest BCUT2D eigenvalue weighted by molar-refractivity contribution is -0.118. The highest BCUT2D eigenvalue weighted by Crippen LogP contribution is 2.21. The molecule has 0 fully saturated rings. The van der Waals surface area contributed by atoms with E-state index in [4.69, 9.17) is 9.47 Å². The zero-order chi connectivity index (χ0) is 15.2. The SMILES string of the molecule is COc1ccc(NC(=O)COc2cccc(F)c2)cc1C. The predicted octanol–water partition coefficient (Wildman–Crippen LogP) is 3.16. The highest BCUT2D eigenvalue weighted by molar-refractivity contribution is 5.92. The zero-order valence-corrected chi connectivity index (χ0v) is 11.9. The molecule has 0 bridgehead atoms. The van der Waals surface area contributed by atoms with Gasteiger partial charge in [0, 0.05) is 11.8 Å². The molecule has 0 radical (unpaired) electrons. The molecular weight excluding hydrogens is 273 g/mol. The minimum Gasteiger partial charge on any atom is -0.496 e. The van der Waals surface area contributed by atoms with Gasteiger partial charge in [-0.3, -0.25) is 4.79 Å². The number of methoxy groups -OCH3 is 1. The van der Waals surface area contributed by atoms with Crippen molar-refractivity contribution < 1.29 is 18.7 Å². The minimum atomic E-state index is -0.404. The summed E-state index contributed by atoms with van der Waals surface area (Å²) >= 11 is 0. The third kappa shape index (κ3) is 4.21. The smallest absolute Gasteiger partial charge is 0.262 e. The van der Waals surface area contributed by atoms with Crippen LogP contribution in [0.2, 0.25) is 0 Å². The number of halogens is 1. The van der Waals surface area contributed by atoms with E-state index < -0.39 is 5.82 Å². The van der Waals surface area contributed by atoms with E-state index in [9.17, 15) is 9.18 Å². The van der Waals surface area contributed by atoms with E-state index in [2.05, 4.69) is 5.32 Å². The lowest BCUT2D eigenvalue weighted by Gasteiger charge is -2.10. The van der Waals surface area contributed by atoms with Gasteiger partial charge in [-0.25, -0.2) is 4.39 Å². The second-order valence-electron chi connectivity index (χ2n) is 4.48. The number of ether oxygens (including phenoxy) is 2. The number of rotatable bonds is 5. The van der Waals surface area contributed by atoms with E-state index >= 15 is 0 Å². The van der Waals surface area contributed by atoms with Crippen molar-refractivity contribution >= 4 is 11.6 Å². The number of anilines is 1. The van der Waals surface area contributed by atoms with Crippen molar-refractivity contribution in [2.45, 2.75) is 6.92 Å². The molecule has 0 aliphatic carbocycles. The summed E-state index contributed by atoms with van der Waals surface area (Å²) in [5.41, 5.74) is 1.57. The number of amides is 1. The van der Waals surface area contributed by atoms with Crippen LogP contribution < -0.4 is 14.8 Å². The molecule has 2 rings (SSSR count). The van der Waals surface area contributed by atoms with Gasteiger partial charge in [0.2, 0.25) is 0 Å². The Morgan fingerprint density at radius 3 is 2.71 bits per heavy atom. The van der Waals surface area contributed by atoms with Crippen LogP contribution >= 0.6 is 0 Å². The molecule has 1 N–H and O–H groups in total. The summed E-state index contributed by atoms with van der Waals surface area (Å²) < 4.78 is 23.3. The van der Waals surface area contributed by atoms with Gasteiger partial charge >= 0.3 is 0 Å². The van der Waals surface area contributed by atoms with E-state index in [-0.39, 0.29) is 12.5 Å². The fourth-order valence-corrected chi connectivity index (χ4v) is 1.86. The summed E-state index contributed by atoms with van der Waals surface area (Å²) in [6.07, 6.45) is 0. The van der Waals surface area contributed by atoms with Crippen LogP contribution in [0.5, 0.6) is 11.5 Å². The van der Waals surface area contributed by atoms with E-state index in [1.54, 1.807) is 31.4 Å². The van der Waals surface area contributed by atoms with Crippen LogP contribution in [0.1, 0.15) is 5.56 Å². The van der Waals surface area contributed by atoms with Gasteiger partial charge in [0.05, 0.1) is 7.11 Å². The fourth-order valence-electron chi connectivity index (χ4n) is 1.86. The number of benzene rings is 2. The molecule has 4 nitrogen and oxygen atoms in total. The van der Waals surface area contributed by atoms with Crippen LogP contribution in [-0.4, -0.2) is 19.6 Å². The van der Waals surface area contributed by atoms with Crippen molar-refractivity contribution in [3.05, 3.63) is 53.8 Å². The Morgan fingerprint density at radius 1 is 1.24 bits per heavy atom. The Balaban J connectivity index is 1.91. The van der Waals surface area contributed by atoms with Crippen LogP contribution in [0, 0.1) is 12.7 Å². The molecule has 1 amide bonds. The number of hydrogen-bond acceptors (Lipinski definition) is 3. The van der Waals surface area contributed by atoms with Crippen LogP contribution in [0.25, 0.3) is 0 Å². The van der Waals surface area contributed by atoms with Crippen molar-refractivity contribution in [1.29, 1.82) is 0 Å². The van der Waals surface area contributed by atoms with Gasteiger partial charge in [-0.1, -0.05) is 6.07 Å². The van der Waals surface area contributed by atoms with Gasteiger partial charge in [0.25, 0.3) is 5.91 Å². The number of carbonyl (C=O) groups is 1. The van der Waals surface area contributed by atoms with Crippen LogP contribution in [-0.2, 0) is 4.79 Å². The summed E-state index contributed by atoms with van der Waals surface area (Å²) in [6.45, 7) is 1.70. The maximum atomic E-state index is 13.0. The van der Waals surface area contributed by atoms with Crippen molar-refractivity contribution in [2.24, 2.45) is 0 Å². The molecule has 0 saturated carbocycles. The van der Waals surface area contributed by atoms with E-state index in [1.165, 1.54) is 18.2 Å². The molecule has 0 unspecified atom stereocenters. The molecule has 0 aliphatic rings. The van der Waals surface area contributed by atoms with Gasteiger partial charge in [0.1, 0.15) is 17.3 Å². The molecule has 2 aromatic rings. The lowest BCUT2D eigenvalue weighted by Crippen LogP contribution is -2.20. The maximum absolute atomic E-state index is 13.0. The van der Waals surface area contributed by atoms with Gasteiger partial charge in [0.15, 0.2) is 6.61 Å². The molecule has 0 heterocycles. The van der Waals surface area contributed by atoms with Gasteiger partial charge in [-0.2, -0.15) is 0 Å². The molecule has 110 valence electrons. The first-order valence-electron chi connectivity index (χ1n) is 6.41. The molecular formula is C16H16FNO3. The Hall–Kier alpha value is -2.56. The topological polar surface area (TPSA) is 47.6 Å². The highest BCUT2D eigenvalue weighted by Gasteiger charge is 2.06. The molecule has 2 aromatic carbocycles. The van der Waals surface area contributed by atoms with E-state index in [1.807, 2.05) is 6.92 Å². The average molecular weight is 289 g/mol. The molecule has 0 aromatic heterocycles. The van der Waals surface area contributed by atoms with Crippen molar-refractivity contribution in [3.8, 4) is 11.5 Å². The number of hydrogen-bond donors (Lipinski definition) is 1. The van der Waals surface area contributed by atoms with Gasteiger partial charge in [-0.05, 0) is 42.8 Å². The zero-order valence-electron chi connectivity index (χ0n) is 11.9. The van der Waals surface area contributed by atoms with Crippen LogP contribution in [0.4, 0.5) is 10.1 Å². The van der Waals surface area contributed by atoms with Crippen LogP contribution in [0.15, 0.2) is 42.5 Å². The average Bonchev–Trinajstić information content (AvgIpc) is 2.45. The molecule has 0 spiro atoms. The standard InChI is InChI=1S/C16H16FNO3/c1-11-8-13(6-7-15(11)20-2)18-16(19)10-21-14-5-3-4-12(17)9-14/h3-9H,10H2,1-2H3,(H,18,19). The summed E-state index contributed by atoms with van der Waals surface area (Å²) in [7, 11) is 1.59. The van der Waals surface area contributed by atoms with Gasteiger partial charge in [-0.15, -0.1) is 0 Å². The normalized spacial score (nSPS) is 10.0. The van der Waals surface area contributed by atoms with E-state index in [0.29, 0.717) is 11.4 Å². The van der Waals surface area contributed by atoms with Crippen molar-refractivity contribution in [3.63, 3.8) is 0 Å². The Morgan fingerprint density at radius 2 is 2.05 bits per heavy atom. The first kappa shape index (κ1) is 14.8. The second-order valence-corrected chi connectivity index (χ2v) is 4.48. The second kappa shape index (κ2) is 6.74. The summed E-state index contributed by atoms with van der Waals surface area (Å²) in [4.78, 5) is 11.8. The third-order valence-corrected chi connectivity index (χ3v) is 2.84. The van der Waals surface area contributed by atoms with Crippen molar-refractivity contribution in [1.82, 2.24) is 0 Å². The molecule has 5 heteroatoms. The molecule has 0 saturated heterocycles. The van der Waals surface area contributed by atoms with Crippen LogP contribution in [0.3, 0.4) is 0 Å². The quantitative estimate of drug-likeness (QED) is 0.919. The fraction of sp³-hybridized carbons (Fsp3) is 0.188. The predicted molar refractivity (Wildman–Crippen MR) is 78.3 cm³/mol. The summed E-state index contributed by atoms with van der Waals surface area (Å²) in [6, 6.07) is 11.0. The minimum absolute atomic E-state index is 0.186. The Bertz CT molecular complexity index is 643.